The molecule has 8 heteroatoms. The molecule has 4 aliphatic carbocycles. The van der Waals surface area contributed by atoms with Crippen LogP contribution in [0.4, 0.5) is 0 Å². The van der Waals surface area contributed by atoms with Crippen LogP contribution < -0.4 is 0 Å². The molecule has 0 aromatic rings. The molecule has 2 heterocycles. The van der Waals surface area contributed by atoms with Crippen molar-refractivity contribution in [3.63, 3.8) is 0 Å². The minimum atomic E-state index is -0.833. The molecule has 2 saturated heterocycles. The van der Waals surface area contributed by atoms with Crippen LogP contribution in [0.1, 0.15) is 124 Å². The van der Waals surface area contributed by atoms with Crippen molar-refractivity contribution < 1.29 is 30.0 Å². The molecule has 0 spiro atoms. The number of piperidine rings is 2. The van der Waals surface area contributed by atoms with Gasteiger partial charge in [-0.2, -0.15) is 0 Å². The summed E-state index contributed by atoms with van der Waals surface area (Å²) in [7, 11) is 0. The van der Waals surface area contributed by atoms with E-state index >= 15 is 0 Å². The maximum Gasteiger partial charge on any atom is 0.303 e. The molecule has 2 aliphatic heterocycles. The average molecular weight is 607 g/mol. The number of nitrogens with zero attached hydrogens (tertiary/aromatic N) is 2. The molecule has 0 aromatic heterocycles. The number of aliphatic hydroxyl groups excluding tert-OH is 2. The molecule has 0 amide bonds. The van der Waals surface area contributed by atoms with Gasteiger partial charge in [0.2, 0.25) is 0 Å². The van der Waals surface area contributed by atoms with Gasteiger partial charge in [-0.3, -0.25) is 19.4 Å². The summed E-state index contributed by atoms with van der Waals surface area (Å²) in [5.41, 5.74) is 0.493. The van der Waals surface area contributed by atoms with Crippen molar-refractivity contribution in [2.45, 2.75) is 148 Å². The van der Waals surface area contributed by atoms with E-state index in [9.17, 15) is 15.0 Å². The maximum absolute atomic E-state index is 11.6. The number of hydrogen-bond donors (Lipinski definition) is 4. The molecule has 6 aliphatic rings. The van der Waals surface area contributed by atoms with Crippen molar-refractivity contribution in [2.24, 2.45) is 34.5 Å². The Morgan fingerprint density at radius 1 is 0.767 bits per heavy atom. The highest BCUT2D eigenvalue weighted by Gasteiger charge is 2.63. The maximum atomic E-state index is 11.6. The smallest absolute Gasteiger partial charge is 0.303 e. The second-order valence-corrected chi connectivity index (χ2v) is 15.4. The van der Waals surface area contributed by atoms with Gasteiger partial charge in [0.15, 0.2) is 0 Å². The Bertz CT molecular complexity index is 916. The number of aliphatic carboxylic acids is 2. The van der Waals surface area contributed by atoms with E-state index in [1.807, 2.05) is 6.92 Å². The average Bonchev–Trinajstić information content (AvgIpc) is 3.24. The molecule has 248 valence electrons. The second-order valence-electron chi connectivity index (χ2n) is 15.4. The van der Waals surface area contributed by atoms with Gasteiger partial charge in [0, 0.05) is 25.4 Å². The number of carboxylic acid groups (broad SMARTS) is 2. The van der Waals surface area contributed by atoms with Crippen molar-refractivity contribution in [1.82, 2.24) is 9.80 Å². The zero-order valence-electron chi connectivity index (χ0n) is 27.6. The Balaban J connectivity index is 0.000000369. The third kappa shape index (κ3) is 7.61. The van der Waals surface area contributed by atoms with Crippen molar-refractivity contribution in [1.29, 1.82) is 0 Å². The third-order valence-electron chi connectivity index (χ3n) is 12.8. The first-order valence-corrected chi connectivity index (χ1v) is 17.7. The fraction of sp³-hybridized carbons (Fsp3) is 0.943. The summed E-state index contributed by atoms with van der Waals surface area (Å²) in [6.45, 7) is 12.8. The van der Waals surface area contributed by atoms with E-state index in [0.29, 0.717) is 35.8 Å². The highest BCUT2D eigenvalue weighted by Crippen LogP contribution is 2.66. The fourth-order valence-electron chi connectivity index (χ4n) is 10.7. The Morgan fingerprint density at radius 2 is 1.33 bits per heavy atom. The van der Waals surface area contributed by atoms with Gasteiger partial charge < -0.3 is 20.4 Å². The lowest BCUT2D eigenvalue weighted by atomic mass is 9.44. The summed E-state index contributed by atoms with van der Waals surface area (Å²) in [5.74, 6) is 1.42. The van der Waals surface area contributed by atoms with Crippen molar-refractivity contribution >= 4 is 11.9 Å². The van der Waals surface area contributed by atoms with Crippen LogP contribution in [0.25, 0.3) is 0 Å². The minimum absolute atomic E-state index is 0.118. The highest BCUT2D eigenvalue weighted by molar-refractivity contribution is 5.66. The second kappa shape index (κ2) is 14.9. The van der Waals surface area contributed by atoms with Crippen LogP contribution >= 0.6 is 0 Å². The van der Waals surface area contributed by atoms with E-state index in [4.69, 9.17) is 15.0 Å². The molecule has 4 saturated carbocycles. The molecule has 43 heavy (non-hydrogen) atoms. The normalized spacial score (nSPS) is 43.0. The van der Waals surface area contributed by atoms with Crippen LogP contribution in [-0.4, -0.2) is 92.6 Å². The predicted molar refractivity (Wildman–Crippen MR) is 169 cm³/mol. The molecular formula is C35H62N2O6. The summed E-state index contributed by atoms with van der Waals surface area (Å²) in [5, 5.41) is 38.2. The molecule has 0 bridgehead atoms. The Kier molecular flexibility index (Phi) is 12.0. The Hall–Kier alpha value is -1.22. The molecule has 1 unspecified atom stereocenters. The summed E-state index contributed by atoms with van der Waals surface area (Å²) in [4.78, 5) is 23.9. The van der Waals surface area contributed by atoms with Crippen molar-refractivity contribution in [3.05, 3.63) is 0 Å². The number of carbonyl (C=O) groups is 2. The third-order valence-corrected chi connectivity index (χ3v) is 12.8. The lowest BCUT2D eigenvalue weighted by Crippen LogP contribution is -2.60. The number of hydrogen-bond acceptors (Lipinski definition) is 6. The van der Waals surface area contributed by atoms with Gasteiger partial charge in [-0.25, -0.2) is 0 Å². The van der Waals surface area contributed by atoms with Crippen LogP contribution in [-0.2, 0) is 9.59 Å². The first-order chi connectivity index (χ1) is 20.4. The van der Waals surface area contributed by atoms with E-state index in [2.05, 4.69) is 23.6 Å². The largest absolute Gasteiger partial charge is 0.481 e. The molecule has 6 fully saturated rings. The summed E-state index contributed by atoms with van der Waals surface area (Å²) in [6, 6.07) is 0.785. The summed E-state index contributed by atoms with van der Waals surface area (Å²) >= 11 is 0. The zero-order chi connectivity index (χ0) is 31.4. The standard InChI is InChI=1S/C29H50N2O2.C4H8O2.C2H4O2/c1-28-12-11-22-21(23(28)18-24(27(28)33)30-13-5-3-6-14-30)10-9-20-17-26(32)25(19-29(20,22)2)31-15-7-4-8-16-31;1-2-3-4(5)6;1-2(3)4/h20-27,32-33H,3-19H2,1-2H3;2-3H2,1H3,(H,5,6);1H3,(H,3,4)/t20-,21+,22-,23-,24?,25-,26-,27-,28-,29-;;/m0../s1. The summed E-state index contributed by atoms with van der Waals surface area (Å²) < 4.78 is 0. The van der Waals surface area contributed by atoms with E-state index < -0.39 is 11.9 Å². The number of rotatable bonds is 4. The summed E-state index contributed by atoms with van der Waals surface area (Å²) in [6.07, 6.45) is 17.4. The van der Waals surface area contributed by atoms with E-state index in [1.165, 1.54) is 103 Å². The Labute approximate surface area is 260 Å². The monoisotopic (exact) mass is 606 g/mol. The molecule has 0 radical (unpaired) electrons. The van der Waals surface area contributed by atoms with Gasteiger partial charge in [0.1, 0.15) is 0 Å². The molecule has 0 aromatic carbocycles. The number of aliphatic hydroxyl groups is 2. The zero-order valence-corrected chi connectivity index (χ0v) is 27.6. The van der Waals surface area contributed by atoms with E-state index in [0.717, 1.165) is 31.6 Å². The van der Waals surface area contributed by atoms with Crippen LogP contribution in [0, 0.1) is 34.5 Å². The quantitative estimate of drug-likeness (QED) is 0.324. The fourth-order valence-corrected chi connectivity index (χ4v) is 10.7. The Morgan fingerprint density at radius 3 is 1.84 bits per heavy atom. The van der Waals surface area contributed by atoms with Gasteiger partial charge in [-0.1, -0.05) is 33.6 Å². The highest BCUT2D eigenvalue weighted by atomic mass is 16.4. The lowest BCUT2D eigenvalue weighted by molar-refractivity contribution is -0.154. The first kappa shape index (κ1) is 34.6. The number of carboxylic acids is 2. The molecule has 4 N–H and O–H groups in total. The van der Waals surface area contributed by atoms with Gasteiger partial charge >= 0.3 is 5.97 Å². The lowest BCUT2D eigenvalue weighted by Gasteiger charge is -2.62. The van der Waals surface area contributed by atoms with Gasteiger partial charge in [0.25, 0.3) is 5.97 Å². The van der Waals surface area contributed by atoms with Crippen LogP contribution in [0.5, 0.6) is 0 Å². The van der Waals surface area contributed by atoms with Crippen LogP contribution in [0.2, 0.25) is 0 Å². The minimum Gasteiger partial charge on any atom is -0.481 e. The molecular weight excluding hydrogens is 544 g/mol. The van der Waals surface area contributed by atoms with Gasteiger partial charge in [-0.15, -0.1) is 0 Å². The van der Waals surface area contributed by atoms with Crippen LogP contribution in [0.3, 0.4) is 0 Å². The van der Waals surface area contributed by atoms with Gasteiger partial charge in [0.05, 0.1) is 12.2 Å². The van der Waals surface area contributed by atoms with E-state index in [-0.39, 0.29) is 17.6 Å². The first-order valence-electron chi connectivity index (χ1n) is 17.7. The van der Waals surface area contributed by atoms with Gasteiger partial charge in [-0.05, 0) is 138 Å². The van der Waals surface area contributed by atoms with Crippen LogP contribution in [0.15, 0.2) is 0 Å². The van der Waals surface area contributed by atoms with Crippen molar-refractivity contribution in [2.75, 3.05) is 26.2 Å². The number of likely N-dealkylation sites (tertiary alicyclic amines) is 2. The topological polar surface area (TPSA) is 122 Å². The molecule has 6 rings (SSSR count). The molecule has 8 nitrogen and oxygen atoms in total. The van der Waals surface area contributed by atoms with Crippen molar-refractivity contribution in [3.8, 4) is 0 Å². The molecule has 10 atom stereocenters. The SMILES string of the molecule is CC(=O)O.CCCC(=O)O.C[C@]12C[C@H](N3CCCCC3)[C@@H](O)C[C@@H]1CC[C@@H]1[C@@H]2CC[C@]2(C)[C@@H](O)C(N3CCCCC3)C[C@@H]12. The number of fused-ring (bicyclic) bond motifs is 5. The van der Waals surface area contributed by atoms with E-state index in [1.54, 1.807) is 0 Å². The predicted octanol–water partition coefficient (Wildman–Crippen LogP) is 5.64.